The van der Waals surface area contributed by atoms with Crippen molar-refractivity contribution in [2.75, 3.05) is 19.7 Å². The second-order valence-corrected chi connectivity index (χ2v) is 6.66. The summed E-state index contributed by atoms with van der Waals surface area (Å²) in [7, 11) is 0. The van der Waals surface area contributed by atoms with Gasteiger partial charge in [0.2, 0.25) is 0 Å². The van der Waals surface area contributed by atoms with E-state index in [0.717, 1.165) is 30.6 Å². The summed E-state index contributed by atoms with van der Waals surface area (Å²) in [6.07, 6.45) is 5.03. The lowest BCUT2D eigenvalue weighted by molar-refractivity contribution is 0.159. The van der Waals surface area contributed by atoms with Crippen LogP contribution in [-0.2, 0) is 0 Å². The summed E-state index contributed by atoms with van der Waals surface area (Å²) < 4.78 is 5.80. The first-order valence-electron chi connectivity index (χ1n) is 8.04. The van der Waals surface area contributed by atoms with Crippen molar-refractivity contribution < 1.29 is 4.74 Å². The van der Waals surface area contributed by atoms with Gasteiger partial charge in [-0.3, -0.25) is 4.90 Å². The molecule has 0 radical (unpaired) electrons. The van der Waals surface area contributed by atoms with Gasteiger partial charge in [0, 0.05) is 37.2 Å². The van der Waals surface area contributed by atoms with Gasteiger partial charge in [0.1, 0.15) is 5.75 Å². The third-order valence-electron chi connectivity index (χ3n) is 5.55. The van der Waals surface area contributed by atoms with Gasteiger partial charge < -0.3 is 10.5 Å². The Morgan fingerprint density at radius 3 is 2.90 bits per heavy atom. The van der Waals surface area contributed by atoms with E-state index in [1.165, 1.54) is 37.9 Å². The maximum Gasteiger partial charge on any atom is 0.124 e. The lowest BCUT2D eigenvalue weighted by atomic mass is 9.78. The van der Waals surface area contributed by atoms with E-state index >= 15 is 0 Å². The van der Waals surface area contributed by atoms with Gasteiger partial charge in [-0.1, -0.05) is 24.6 Å². The van der Waals surface area contributed by atoms with Crippen molar-refractivity contribution in [2.45, 2.75) is 37.8 Å². The predicted molar refractivity (Wildman–Crippen MR) is 79.7 cm³/mol. The third-order valence-corrected chi connectivity index (χ3v) is 5.55. The van der Waals surface area contributed by atoms with Crippen LogP contribution in [0.4, 0.5) is 0 Å². The normalized spacial score (nSPS) is 37.0. The molecule has 1 aromatic carbocycles. The molecule has 0 amide bonds. The number of hydrogen-bond donors (Lipinski definition) is 1. The van der Waals surface area contributed by atoms with E-state index in [-0.39, 0.29) is 0 Å². The van der Waals surface area contributed by atoms with Gasteiger partial charge in [0.05, 0.1) is 6.61 Å². The molecule has 1 aliphatic carbocycles. The molecule has 2 fully saturated rings. The van der Waals surface area contributed by atoms with Crippen molar-refractivity contribution in [3.8, 4) is 5.75 Å². The van der Waals surface area contributed by atoms with E-state index in [0.29, 0.717) is 12.1 Å². The fourth-order valence-corrected chi connectivity index (χ4v) is 4.51. The molecule has 4 rings (SSSR count). The fourth-order valence-electron chi connectivity index (χ4n) is 4.51. The molecule has 0 aromatic heterocycles. The standard InChI is InChI=1S/C17H24N2O/c18-15-6-3-4-12-10-19(11-14(12)15)16-8-9-20-17-7-2-1-5-13(16)17/h1-2,5,7,12,14-16H,3-4,6,8-11,18H2. The molecule has 1 saturated carbocycles. The largest absolute Gasteiger partial charge is 0.493 e. The summed E-state index contributed by atoms with van der Waals surface area (Å²) in [4.78, 5) is 2.68. The maximum atomic E-state index is 6.35. The van der Waals surface area contributed by atoms with Crippen molar-refractivity contribution in [1.82, 2.24) is 4.90 Å². The zero-order chi connectivity index (χ0) is 13.5. The average Bonchev–Trinajstić information content (AvgIpc) is 2.92. The number of nitrogens with two attached hydrogens (primary N) is 1. The molecule has 1 aromatic rings. The van der Waals surface area contributed by atoms with Crippen molar-refractivity contribution in [2.24, 2.45) is 17.6 Å². The molecular formula is C17H24N2O. The monoisotopic (exact) mass is 272 g/mol. The van der Waals surface area contributed by atoms with Gasteiger partial charge in [0.25, 0.3) is 0 Å². The quantitative estimate of drug-likeness (QED) is 0.854. The van der Waals surface area contributed by atoms with Crippen LogP contribution in [0.2, 0.25) is 0 Å². The Morgan fingerprint density at radius 2 is 2.00 bits per heavy atom. The van der Waals surface area contributed by atoms with E-state index in [1.54, 1.807) is 0 Å². The molecule has 4 unspecified atom stereocenters. The SMILES string of the molecule is NC1CCCC2CN(C3CCOc4ccccc43)CC12. The minimum absolute atomic E-state index is 0.425. The first-order chi connectivity index (χ1) is 9.83. The number of hydrogen-bond acceptors (Lipinski definition) is 3. The summed E-state index contributed by atoms with van der Waals surface area (Å²) in [5.41, 5.74) is 7.74. The van der Waals surface area contributed by atoms with Gasteiger partial charge in [-0.05, 0) is 30.7 Å². The highest BCUT2D eigenvalue weighted by molar-refractivity contribution is 5.37. The van der Waals surface area contributed by atoms with Crippen LogP contribution < -0.4 is 10.5 Å². The van der Waals surface area contributed by atoms with Crippen molar-refractivity contribution in [3.63, 3.8) is 0 Å². The zero-order valence-electron chi connectivity index (χ0n) is 12.0. The summed E-state index contributed by atoms with van der Waals surface area (Å²) >= 11 is 0. The van der Waals surface area contributed by atoms with Crippen LogP contribution in [0.25, 0.3) is 0 Å². The van der Waals surface area contributed by atoms with Crippen LogP contribution in [0.15, 0.2) is 24.3 Å². The molecule has 20 heavy (non-hydrogen) atoms. The fraction of sp³-hybridized carbons (Fsp3) is 0.647. The van der Waals surface area contributed by atoms with Crippen molar-refractivity contribution in [1.29, 1.82) is 0 Å². The zero-order valence-corrected chi connectivity index (χ0v) is 12.0. The lowest BCUT2D eigenvalue weighted by Gasteiger charge is -2.33. The van der Waals surface area contributed by atoms with Crippen LogP contribution in [-0.4, -0.2) is 30.6 Å². The summed E-state index contributed by atoms with van der Waals surface area (Å²) in [6, 6.07) is 9.51. The minimum Gasteiger partial charge on any atom is -0.493 e. The highest BCUT2D eigenvalue weighted by Gasteiger charge is 2.42. The molecule has 0 bridgehead atoms. The molecule has 3 nitrogen and oxygen atoms in total. The van der Waals surface area contributed by atoms with Crippen LogP contribution >= 0.6 is 0 Å². The second-order valence-electron chi connectivity index (χ2n) is 6.66. The molecule has 2 aliphatic heterocycles. The average molecular weight is 272 g/mol. The molecule has 3 aliphatic rings. The Kier molecular flexibility index (Phi) is 3.20. The Bertz CT molecular complexity index is 490. The highest BCUT2D eigenvalue weighted by Crippen LogP contribution is 2.43. The van der Waals surface area contributed by atoms with Crippen LogP contribution in [0.5, 0.6) is 5.75 Å². The molecular weight excluding hydrogens is 248 g/mol. The molecule has 1 saturated heterocycles. The number of likely N-dealkylation sites (tertiary alicyclic amines) is 1. The summed E-state index contributed by atoms with van der Waals surface area (Å²) in [6.45, 7) is 3.27. The number of para-hydroxylation sites is 1. The highest BCUT2D eigenvalue weighted by atomic mass is 16.5. The van der Waals surface area contributed by atoms with Crippen LogP contribution in [0.3, 0.4) is 0 Å². The second kappa shape index (κ2) is 5.05. The first kappa shape index (κ1) is 12.7. The van der Waals surface area contributed by atoms with E-state index in [4.69, 9.17) is 10.5 Å². The first-order valence-corrected chi connectivity index (χ1v) is 8.04. The number of rotatable bonds is 1. The van der Waals surface area contributed by atoms with Crippen molar-refractivity contribution >= 4 is 0 Å². The maximum absolute atomic E-state index is 6.35. The topological polar surface area (TPSA) is 38.5 Å². The molecule has 108 valence electrons. The van der Waals surface area contributed by atoms with Crippen LogP contribution in [0.1, 0.15) is 37.3 Å². The predicted octanol–water partition coefficient (Wildman–Crippen LogP) is 2.57. The Hall–Kier alpha value is -1.06. The van der Waals surface area contributed by atoms with Gasteiger partial charge in [0.15, 0.2) is 0 Å². The summed E-state index contributed by atoms with van der Waals surface area (Å²) in [5.74, 6) is 2.63. The van der Waals surface area contributed by atoms with Gasteiger partial charge >= 0.3 is 0 Å². The van der Waals surface area contributed by atoms with E-state index in [1.807, 2.05) is 0 Å². The minimum atomic E-state index is 0.425. The van der Waals surface area contributed by atoms with E-state index < -0.39 is 0 Å². The number of benzene rings is 1. The third kappa shape index (κ3) is 2.04. The number of ether oxygens (including phenoxy) is 1. The van der Waals surface area contributed by atoms with Crippen molar-refractivity contribution in [3.05, 3.63) is 29.8 Å². The van der Waals surface area contributed by atoms with E-state index in [2.05, 4.69) is 29.2 Å². The molecule has 2 heterocycles. The lowest BCUT2D eigenvalue weighted by Crippen LogP contribution is -2.38. The number of nitrogens with zero attached hydrogens (tertiary/aromatic N) is 1. The van der Waals surface area contributed by atoms with Gasteiger partial charge in [-0.15, -0.1) is 0 Å². The Labute approximate surface area is 121 Å². The van der Waals surface area contributed by atoms with Crippen LogP contribution in [0, 0.1) is 11.8 Å². The smallest absolute Gasteiger partial charge is 0.124 e. The molecule has 2 N–H and O–H groups in total. The molecule has 4 atom stereocenters. The summed E-state index contributed by atoms with van der Waals surface area (Å²) in [5, 5.41) is 0. The number of fused-ring (bicyclic) bond motifs is 2. The molecule has 3 heteroatoms. The van der Waals surface area contributed by atoms with Gasteiger partial charge in [-0.2, -0.15) is 0 Å². The Morgan fingerprint density at radius 1 is 1.10 bits per heavy atom. The Balaban J connectivity index is 1.58. The molecule has 0 spiro atoms. The van der Waals surface area contributed by atoms with E-state index in [9.17, 15) is 0 Å². The van der Waals surface area contributed by atoms with Gasteiger partial charge in [-0.25, -0.2) is 0 Å².